The van der Waals surface area contributed by atoms with E-state index in [9.17, 15) is 14.4 Å². The molecule has 1 aliphatic carbocycles. The fourth-order valence-electron chi connectivity index (χ4n) is 4.56. The summed E-state index contributed by atoms with van der Waals surface area (Å²) in [6, 6.07) is 7.96. The van der Waals surface area contributed by atoms with Gasteiger partial charge in [0.1, 0.15) is 0 Å². The van der Waals surface area contributed by atoms with Crippen molar-refractivity contribution in [1.29, 1.82) is 0 Å². The topological polar surface area (TPSA) is 74.7 Å². The molecule has 0 bridgehead atoms. The van der Waals surface area contributed by atoms with Crippen molar-refractivity contribution in [1.82, 2.24) is 4.90 Å². The third-order valence-corrected chi connectivity index (χ3v) is 6.19. The van der Waals surface area contributed by atoms with Crippen LogP contribution in [0.25, 0.3) is 0 Å². The Morgan fingerprint density at radius 3 is 2.11 bits per heavy atom. The lowest BCUT2D eigenvalue weighted by molar-refractivity contribution is -0.141. The molecule has 0 spiro atoms. The van der Waals surface area contributed by atoms with Gasteiger partial charge in [-0.1, -0.05) is 38.1 Å². The SMILES string of the molecule is CC(C)Cc1ccc(C(=O)C2CCN(C(=O)[C@@H]3CC[C@H](C(=O)O)C3)CC2)cc1. The second-order valence-corrected chi connectivity index (χ2v) is 8.80. The Hall–Kier alpha value is -2.17. The van der Waals surface area contributed by atoms with Gasteiger partial charge in [0.15, 0.2) is 5.78 Å². The zero-order chi connectivity index (χ0) is 20.3. The number of amides is 1. The number of hydrogen-bond acceptors (Lipinski definition) is 3. The lowest BCUT2D eigenvalue weighted by Crippen LogP contribution is -2.42. The van der Waals surface area contributed by atoms with Gasteiger partial charge in [-0.15, -0.1) is 0 Å². The number of Topliss-reactive ketones (excluding diaryl/α,β-unsaturated/α-hetero) is 1. The Balaban J connectivity index is 1.51. The standard InChI is InChI=1S/C23H31NO4/c1-15(2)13-16-3-5-17(6-4-16)21(25)18-9-11-24(12-10-18)22(26)19-7-8-20(14-19)23(27)28/h3-6,15,18-20H,7-14H2,1-2H3,(H,27,28)/t19-,20+/m1/s1. The number of carboxylic acids is 1. The molecular formula is C23H31NO4. The Morgan fingerprint density at radius 2 is 1.57 bits per heavy atom. The molecule has 1 N–H and O–H groups in total. The summed E-state index contributed by atoms with van der Waals surface area (Å²) in [6.45, 7) is 5.55. The van der Waals surface area contributed by atoms with Crippen molar-refractivity contribution in [2.24, 2.45) is 23.7 Å². The van der Waals surface area contributed by atoms with Crippen molar-refractivity contribution < 1.29 is 19.5 Å². The molecule has 1 saturated carbocycles. The van der Waals surface area contributed by atoms with Crippen LogP contribution in [0.15, 0.2) is 24.3 Å². The number of nitrogens with zero attached hydrogens (tertiary/aromatic N) is 1. The number of aliphatic carboxylic acids is 1. The first-order chi connectivity index (χ1) is 13.3. The molecule has 2 atom stereocenters. The van der Waals surface area contributed by atoms with E-state index in [-0.39, 0.29) is 29.4 Å². The van der Waals surface area contributed by atoms with E-state index in [1.165, 1.54) is 5.56 Å². The Morgan fingerprint density at radius 1 is 0.964 bits per heavy atom. The first kappa shape index (κ1) is 20.6. The van der Waals surface area contributed by atoms with E-state index in [0.29, 0.717) is 51.1 Å². The molecule has 152 valence electrons. The first-order valence-electron chi connectivity index (χ1n) is 10.5. The van der Waals surface area contributed by atoms with E-state index in [0.717, 1.165) is 12.0 Å². The lowest BCUT2D eigenvalue weighted by atomic mass is 9.87. The minimum absolute atomic E-state index is 0.0321. The van der Waals surface area contributed by atoms with E-state index < -0.39 is 5.97 Å². The summed E-state index contributed by atoms with van der Waals surface area (Å²) in [5, 5.41) is 9.12. The zero-order valence-corrected chi connectivity index (χ0v) is 16.9. The normalized spacial score (nSPS) is 23.2. The van der Waals surface area contributed by atoms with Crippen molar-refractivity contribution in [3.05, 3.63) is 35.4 Å². The summed E-state index contributed by atoms with van der Waals surface area (Å²) in [4.78, 5) is 38.5. The zero-order valence-electron chi connectivity index (χ0n) is 16.9. The largest absolute Gasteiger partial charge is 0.481 e. The van der Waals surface area contributed by atoms with Gasteiger partial charge in [-0.05, 0) is 50.0 Å². The Bertz CT molecular complexity index is 717. The van der Waals surface area contributed by atoms with Crippen molar-refractivity contribution >= 4 is 17.7 Å². The molecule has 28 heavy (non-hydrogen) atoms. The second kappa shape index (κ2) is 8.89. The highest BCUT2D eigenvalue weighted by Gasteiger charge is 2.37. The predicted octanol–water partition coefficient (Wildman–Crippen LogP) is 3.81. The molecule has 1 aromatic carbocycles. The van der Waals surface area contributed by atoms with Crippen molar-refractivity contribution in [3.8, 4) is 0 Å². The van der Waals surface area contributed by atoms with Gasteiger partial charge in [-0.25, -0.2) is 0 Å². The number of benzene rings is 1. The fourth-order valence-corrected chi connectivity index (χ4v) is 4.56. The summed E-state index contributed by atoms with van der Waals surface area (Å²) in [5.74, 6) is -0.528. The number of likely N-dealkylation sites (tertiary alicyclic amines) is 1. The lowest BCUT2D eigenvalue weighted by Gasteiger charge is -2.33. The highest BCUT2D eigenvalue weighted by Crippen LogP contribution is 2.33. The molecule has 5 heteroatoms. The van der Waals surface area contributed by atoms with Crippen LogP contribution in [0.5, 0.6) is 0 Å². The van der Waals surface area contributed by atoms with Crippen LogP contribution in [-0.2, 0) is 16.0 Å². The first-order valence-corrected chi connectivity index (χ1v) is 10.5. The molecule has 3 rings (SSSR count). The molecule has 2 aliphatic rings. The third-order valence-electron chi connectivity index (χ3n) is 6.19. The van der Waals surface area contributed by atoms with Crippen molar-refractivity contribution in [2.75, 3.05) is 13.1 Å². The van der Waals surface area contributed by atoms with Crippen LogP contribution in [0.4, 0.5) is 0 Å². The summed E-state index contributed by atoms with van der Waals surface area (Å²) >= 11 is 0. The van der Waals surface area contributed by atoms with Crippen LogP contribution in [0.1, 0.15) is 61.9 Å². The molecule has 2 fully saturated rings. The van der Waals surface area contributed by atoms with Crippen LogP contribution < -0.4 is 0 Å². The number of carbonyl (C=O) groups is 3. The van der Waals surface area contributed by atoms with E-state index in [1.54, 1.807) is 0 Å². The molecular weight excluding hydrogens is 354 g/mol. The molecule has 5 nitrogen and oxygen atoms in total. The van der Waals surface area contributed by atoms with Crippen LogP contribution >= 0.6 is 0 Å². The van der Waals surface area contributed by atoms with Crippen LogP contribution in [0, 0.1) is 23.7 Å². The Kier molecular flexibility index (Phi) is 6.53. The second-order valence-electron chi connectivity index (χ2n) is 8.80. The summed E-state index contributed by atoms with van der Waals surface area (Å²) in [6.07, 6.45) is 4.10. The number of rotatable bonds is 6. The van der Waals surface area contributed by atoms with Gasteiger partial charge in [0.2, 0.25) is 5.91 Å². The molecule has 1 saturated heterocycles. The van der Waals surface area contributed by atoms with E-state index in [1.807, 2.05) is 29.2 Å². The third kappa shape index (κ3) is 4.81. The van der Waals surface area contributed by atoms with E-state index >= 15 is 0 Å². The smallest absolute Gasteiger partial charge is 0.306 e. The molecule has 0 aromatic heterocycles. The van der Waals surface area contributed by atoms with E-state index in [4.69, 9.17) is 5.11 Å². The molecule has 0 radical (unpaired) electrons. The van der Waals surface area contributed by atoms with Crippen LogP contribution in [0.3, 0.4) is 0 Å². The number of ketones is 1. The summed E-state index contributed by atoms with van der Waals surface area (Å²) < 4.78 is 0. The van der Waals surface area contributed by atoms with Gasteiger partial charge < -0.3 is 10.0 Å². The van der Waals surface area contributed by atoms with Gasteiger partial charge in [0.05, 0.1) is 5.92 Å². The van der Waals surface area contributed by atoms with Crippen molar-refractivity contribution in [3.63, 3.8) is 0 Å². The average Bonchev–Trinajstić information content (AvgIpc) is 3.18. The quantitative estimate of drug-likeness (QED) is 0.756. The highest BCUT2D eigenvalue weighted by molar-refractivity contribution is 5.98. The molecule has 1 aromatic rings. The van der Waals surface area contributed by atoms with Gasteiger partial charge in [-0.2, -0.15) is 0 Å². The maximum Gasteiger partial charge on any atom is 0.306 e. The maximum atomic E-state index is 12.8. The number of carboxylic acid groups (broad SMARTS) is 1. The number of piperidine rings is 1. The highest BCUT2D eigenvalue weighted by atomic mass is 16.4. The molecule has 1 aliphatic heterocycles. The van der Waals surface area contributed by atoms with Crippen LogP contribution in [-0.4, -0.2) is 40.8 Å². The molecule has 0 unspecified atom stereocenters. The molecule has 1 heterocycles. The minimum atomic E-state index is -0.793. The van der Waals surface area contributed by atoms with Crippen LogP contribution in [0.2, 0.25) is 0 Å². The van der Waals surface area contributed by atoms with Crippen molar-refractivity contribution in [2.45, 2.75) is 52.4 Å². The van der Waals surface area contributed by atoms with Gasteiger partial charge >= 0.3 is 5.97 Å². The average molecular weight is 386 g/mol. The van der Waals surface area contributed by atoms with Gasteiger partial charge in [-0.3, -0.25) is 14.4 Å². The maximum absolute atomic E-state index is 12.8. The van der Waals surface area contributed by atoms with E-state index in [2.05, 4.69) is 13.8 Å². The fraction of sp³-hybridized carbons (Fsp3) is 0.609. The minimum Gasteiger partial charge on any atom is -0.481 e. The number of carbonyl (C=O) groups excluding carboxylic acids is 2. The summed E-state index contributed by atoms with van der Waals surface area (Å²) in [7, 11) is 0. The number of hydrogen-bond donors (Lipinski definition) is 1. The predicted molar refractivity (Wildman–Crippen MR) is 107 cm³/mol. The monoisotopic (exact) mass is 385 g/mol. The molecule has 1 amide bonds. The summed E-state index contributed by atoms with van der Waals surface area (Å²) in [5.41, 5.74) is 2.01. The Labute approximate surface area is 167 Å². The van der Waals surface area contributed by atoms with Gasteiger partial charge in [0.25, 0.3) is 0 Å². The van der Waals surface area contributed by atoms with Gasteiger partial charge in [0, 0.05) is 30.5 Å².